The quantitative estimate of drug-likeness (QED) is 0.162. The molecule has 6 rings (SSSR count). The first kappa shape index (κ1) is 37.9. The molecule has 0 saturated carbocycles. The number of aromatic amines is 2. The molecule has 4 heterocycles. The second-order valence-electron chi connectivity index (χ2n) is 13.3. The normalized spacial score (nSPS) is 18.3. The van der Waals surface area contributed by atoms with Crippen LogP contribution in [0.5, 0.6) is 0 Å². The number of likely N-dealkylation sites (tertiary alicyclic amines) is 2. The van der Waals surface area contributed by atoms with Gasteiger partial charge in [-0.3, -0.25) is 9.59 Å². The Hall–Kier alpha value is -5.87. The van der Waals surface area contributed by atoms with Gasteiger partial charge in [0.25, 0.3) is 0 Å². The molecule has 54 heavy (non-hydrogen) atoms. The van der Waals surface area contributed by atoms with Crippen LogP contribution < -0.4 is 10.6 Å². The van der Waals surface area contributed by atoms with E-state index >= 15 is 0 Å². The highest BCUT2D eigenvalue weighted by Gasteiger charge is 2.41. The van der Waals surface area contributed by atoms with E-state index in [1.165, 1.54) is 26.0 Å². The maximum Gasteiger partial charge on any atom is 0.435 e. The van der Waals surface area contributed by atoms with Crippen LogP contribution in [0.2, 0.25) is 0 Å². The van der Waals surface area contributed by atoms with Crippen molar-refractivity contribution in [2.45, 2.75) is 69.9 Å². The van der Waals surface area contributed by atoms with Gasteiger partial charge in [0, 0.05) is 18.7 Å². The number of hydrogen-bond acceptors (Lipinski definition) is 8. The van der Waals surface area contributed by atoms with E-state index in [-0.39, 0.29) is 29.0 Å². The molecule has 4 N–H and O–H groups in total. The number of rotatable bonds is 9. The van der Waals surface area contributed by atoms with Crippen LogP contribution in [-0.4, -0.2) is 93.1 Å². The number of alkyl carbamates (subject to hydrolysis) is 2. The van der Waals surface area contributed by atoms with Crippen molar-refractivity contribution < 1.29 is 41.8 Å². The minimum Gasteiger partial charge on any atom is -0.453 e. The van der Waals surface area contributed by atoms with Gasteiger partial charge >= 0.3 is 18.4 Å². The molecule has 286 valence electrons. The monoisotopic (exact) mass is 750 g/mol. The summed E-state index contributed by atoms with van der Waals surface area (Å²) in [6.45, 7) is 3.94. The van der Waals surface area contributed by atoms with E-state index in [0.29, 0.717) is 31.8 Å². The van der Waals surface area contributed by atoms with Crippen molar-refractivity contribution in [2.75, 3.05) is 27.3 Å². The first-order valence-corrected chi connectivity index (χ1v) is 17.5. The molecule has 0 bridgehead atoms. The fourth-order valence-corrected chi connectivity index (χ4v) is 7.01. The zero-order valence-electron chi connectivity index (χ0n) is 30.1. The number of carbonyl (C=O) groups is 4. The molecule has 0 spiro atoms. The number of imidazole rings is 2. The Kier molecular flexibility index (Phi) is 11.0. The number of methoxy groups -OCH3 is 2. The highest BCUT2D eigenvalue weighted by Crippen LogP contribution is 2.40. The second-order valence-corrected chi connectivity index (χ2v) is 13.3. The van der Waals surface area contributed by atoms with E-state index in [0.717, 1.165) is 35.2 Å². The predicted octanol–water partition coefficient (Wildman–Crippen LogP) is 5.97. The van der Waals surface area contributed by atoms with E-state index < -0.39 is 48.1 Å². The van der Waals surface area contributed by atoms with Crippen LogP contribution in [-0.2, 0) is 25.2 Å². The molecular formula is C37H41F3N8O6. The smallest absolute Gasteiger partial charge is 0.435 e. The summed E-state index contributed by atoms with van der Waals surface area (Å²) in [5, 5.41) is 4.92. The Morgan fingerprint density at radius 3 is 1.69 bits per heavy atom. The summed E-state index contributed by atoms with van der Waals surface area (Å²) in [7, 11) is 2.41. The lowest BCUT2D eigenvalue weighted by Crippen LogP contribution is -2.46. The van der Waals surface area contributed by atoms with Crippen LogP contribution in [0.1, 0.15) is 69.0 Å². The topological polar surface area (TPSA) is 175 Å². The summed E-state index contributed by atoms with van der Waals surface area (Å²) < 4.78 is 52.0. The van der Waals surface area contributed by atoms with Crippen LogP contribution >= 0.6 is 0 Å². The van der Waals surface area contributed by atoms with Gasteiger partial charge in [-0.25, -0.2) is 19.6 Å². The summed E-state index contributed by atoms with van der Waals surface area (Å²) in [6.07, 6.45) is -2.05. The largest absolute Gasteiger partial charge is 0.453 e. The molecule has 2 aliphatic heterocycles. The predicted molar refractivity (Wildman–Crippen MR) is 189 cm³/mol. The number of aromatic nitrogens is 4. The number of hydrogen-bond donors (Lipinski definition) is 4. The summed E-state index contributed by atoms with van der Waals surface area (Å²) in [6, 6.07) is 11.5. The molecule has 14 nitrogen and oxygen atoms in total. The Bertz CT molecular complexity index is 2000. The Morgan fingerprint density at radius 1 is 0.741 bits per heavy atom. The molecule has 17 heteroatoms. The molecule has 1 unspecified atom stereocenters. The molecule has 2 aliphatic rings. The first-order chi connectivity index (χ1) is 25.8. The van der Waals surface area contributed by atoms with Gasteiger partial charge in [0.05, 0.1) is 43.9 Å². The number of H-pyrrole nitrogens is 2. The third kappa shape index (κ3) is 7.89. The third-order valence-electron chi connectivity index (χ3n) is 9.77. The van der Waals surface area contributed by atoms with Crippen molar-refractivity contribution >= 4 is 24.0 Å². The lowest BCUT2D eigenvalue weighted by molar-refractivity contribution is -0.140. The number of benzene rings is 2. The number of alkyl halides is 3. The van der Waals surface area contributed by atoms with Gasteiger partial charge in [-0.2, -0.15) is 13.2 Å². The lowest BCUT2D eigenvalue weighted by atomic mass is 10.0. The molecular weight excluding hydrogens is 709 g/mol. The fraction of sp³-hybridized carbons (Fsp3) is 0.405. The van der Waals surface area contributed by atoms with Crippen molar-refractivity contribution in [1.29, 1.82) is 0 Å². The van der Waals surface area contributed by atoms with Crippen LogP contribution in [0.15, 0.2) is 54.7 Å². The minimum absolute atomic E-state index is 0.0208. The third-order valence-corrected chi connectivity index (χ3v) is 9.77. The van der Waals surface area contributed by atoms with E-state index in [1.807, 2.05) is 24.3 Å². The highest BCUT2D eigenvalue weighted by atomic mass is 19.4. The Balaban J connectivity index is 1.16. The number of carbonyl (C=O) groups excluding carboxylic acids is 4. The van der Waals surface area contributed by atoms with Crippen LogP contribution in [0.4, 0.5) is 22.8 Å². The molecule has 0 radical (unpaired) electrons. The van der Waals surface area contributed by atoms with E-state index in [9.17, 15) is 32.3 Å². The molecule has 2 fully saturated rings. The highest BCUT2D eigenvalue weighted by molar-refractivity contribution is 5.86. The molecule has 4 atom stereocenters. The molecule has 0 aliphatic carbocycles. The van der Waals surface area contributed by atoms with Gasteiger partial charge < -0.3 is 39.9 Å². The minimum atomic E-state index is -4.76. The van der Waals surface area contributed by atoms with Gasteiger partial charge in [-0.1, -0.05) is 48.5 Å². The van der Waals surface area contributed by atoms with Crippen molar-refractivity contribution in [3.63, 3.8) is 0 Å². The number of nitrogens with zero attached hydrogens (tertiary/aromatic N) is 4. The maximum atomic E-state index is 14.3. The Labute approximate surface area is 308 Å². The average molecular weight is 751 g/mol. The van der Waals surface area contributed by atoms with Crippen LogP contribution in [0, 0.1) is 0 Å². The van der Waals surface area contributed by atoms with E-state index in [2.05, 4.69) is 40.0 Å². The molecule has 2 aromatic carbocycles. The van der Waals surface area contributed by atoms with Crippen molar-refractivity contribution in [2.24, 2.45) is 0 Å². The maximum absolute atomic E-state index is 14.3. The lowest BCUT2D eigenvalue weighted by Gasteiger charge is -2.26. The van der Waals surface area contributed by atoms with Crippen molar-refractivity contribution in [3.8, 4) is 33.6 Å². The molecule has 4 amide bonds. The van der Waals surface area contributed by atoms with Gasteiger partial charge in [-0.15, -0.1) is 0 Å². The summed E-state index contributed by atoms with van der Waals surface area (Å²) >= 11 is 0. The standard InChI is InChI=1S/C37H41F3N8O6/c1-20(42-35(51)53-3)33(49)47-17-5-7-27(47)31-41-19-26(44-31)24-13-9-22(10-14-24)23-11-15-25(16-12-23)29-30(37(38,39)40)46-32(45-29)28-8-6-18-48(28)34(50)21(2)43-36(52)54-4/h9-16,19-21,27-28H,5-8,17-18H2,1-4H3,(H,41,44)(H,42,51)(H,43,52)(H,45,46)/t20-,21?,27-,28-/m0/s1. The SMILES string of the molecule is COC(=O)NC(C)C(=O)N1CCC[C@H]1c1nc(C(F)(F)F)c(-c2ccc(-c3ccc(-c4cnc([C@@H]5CCCN5C(=O)[C@H](C)NC(=O)OC)[nH]4)cc3)cc2)[nH]1. The molecule has 4 aromatic rings. The van der Waals surface area contributed by atoms with E-state index in [1.54, 1.807) is 42.3 Å². The molecule has 2 aromatic heterocycles. The first-order valence-electron chi connectivity index (χ1n) is 17.5. The van der Waals surface area contributed by atoms with Crippen LogP contribution in [0.25, 0.3) is 33.6 Å². The summed E-state index contributed by atoms with van der Waals surface area (Å²) in [5.74, 6) is -0.0238. The van der Waals surface area contributed by atoms with Gasteiger partial charge in [0.15, 0.2) is 5.69 Å². The van der Waals surface area contributed by atoms with Gasteiger partial charge in [0.2, 0.25) is 11.8 Å². The van der Waals surface area contributed by atoms with Crippen molar-refractivity contribution in [3.05, 3.63) is 72.1 Å². The summed E-state index contributed by atoms with van der Waals surface area (Å²) in [4.78, 5) is 67.3. The number of nitrogens with one attached hydrogen (secondary N) is 4. The molecule has 2 saturated heterocycles. The van der Waals surface area contributed by atoms with Gasteiger partial charge in [-0.05, 0) is 56.2 Å². The second kappa shape index (κ2) is 15.6. The van der Waals surface area contributed by atoms with E-state index in [4.69, 9.17) is 0 Å². The average Bonchev–Trinajstić information content (AvgIpc) is 4.00. The van der Waals surface area contributed by atoms with Crippen molar-refractivity contribution in [1.82, 2.24) is 40.4 Å². The number of amides is 4. The Morgan fingerprint density at radius 2 is 1.20 bits per heavy atom. The number of halogens is 3. The zero-order chi connectivity index (χ0) is 38.7. The van der Waals surface area contributed by atoms with Crippen LogP contribution in [0.3, 0.4) is 0 Å². The zero-order valence-corrected chi connectivity index (χ0v) is 30.1. The number of ether oxygens (including phenoxy) is 2. The fourth-order valence-electron chi connectivity index (χ4n) is 7.01. The summed E-state index contributed by atoms with van der Waals surface area (Å²) in [5.41, 5.74) is 2.20. The van der Waals surface area contributed by atoms with Gasteiger partial charge in [0.1, 0.15) is 23.7 Å².